The third-order valence-corrected chi connectivity index (χ3v) is 6.06. The number of carbonyl (C=O) groups excluding carboxylic acids is 1. The Morgan fingerprint density at radius 2 is 1.97 bits per heavy atom. The monoisotopic (exact) mass is 502 g/mol. The maximum Gasteiger partial charge on any atom is 0.416 e. The predicted octanol–water partition coefficient (Wildman–Crippen LogP) is 3.95. The van der Waals surface area contributed by atoms with Crippen LogP contribution in [0.25, 0.3) is 11.4 Å². The van der Waals surface area contributed by atoms with Crippen LogP contribution < -0.4 is 10.6 Å². The van der Waals surface area contributed by atoms with Gasteiger partial charge in [-0.15, -0.1) is 0 Å². The number of carbonyl (C=O) groups is 1. The summed E-state index contributed by atoms with van der Waals surface area (Å²) >= 11 is 0. The van der Waals surface area contributed by atoms with E-state index in [0.29, 0.717) is 24.4 Å². The Kier molecular flexibility index (Phi) is 7.03. The molecular formula is C25H31F3N7O+. The number of quaternary nitrogens is 1. The molecule has 1 aliphatic rings. The summed E-state index contributed by atoms with van der Waals surface area (Å²) in [6, 6.07) is 4.89. The van der Waals surface area contributed by atoms with Gasteiger partial charge in [0.15, 0.2) is 5.69 Å². The van der Waals surface area contributed by atoms with Crippen molar-refractivity contribution in [3.63, 3.8) is 0 Å². The average Bonchev–Trinajstić information content (AvgIpc) is 3.00. The number of aryl methyl sites for hydroxylation is 2. The fraction of sp³-hybridized carbons (Fsp3) is 0.440. The van der Waals surface area contributed by atoms with Crippen molar-refractivity contribution in [1.29, 1.82) is 0 Å². The van der Waals surface area contributed by atoms with Crippen LogP contribution in [-0.4, -0.2) is 64.4 Å². The number of nitrogens with zero attached hydrogens (tertiary/aromatic N) is 5. The molecule has 3 aromatic rings. The van der Waals surface area contributed by atoms with Gasteiger partial charge in [0.1, 0.15) is 0 Å². The Morgan fingerprint density at radius 3 is 2.69 bits per heavy atom. The van der Waals surface area contributed by atoms with Crippen LogP contribution in [0.4, 0.5) is 24.8 Å². The van der Waals surface area contributed by atoms with Gasteiger partial charge in [-0.2, -0.15) is 18.3 Å². The molecule has 2 heterocycles. The van der Waals surface area contributed by atoms with E-state index in [2.05, 4.69) is 46.8 Å². The van der Waals surface area contributed by atoms with Crippen molar-refractivity contribution in [1.82, 2.24) is 25.1 Å². The van der Waals surface area contributed by atoms with Crippen LogP contribution in [0.3, 0.4) is 0 Å². The molecule has 0 fully saturated rings. The van der Waals surface area contributed by atoms with Crippen LogP contribution in [0, 0.1) is 0 Å². The minimum absolute atomic E-state index is 0.174. The van der Waals surface area contributed by atoms with Crippen molar-refractivity contribution in [2.45, 2.75) is 31.9 Å². The first-order valence-electron chi connectivity index (χ1n) is 11.9. The number of halogens is 3. The van der Waals surface area contributed by atoms with Gasteiger partial charge in [0.25, 0.3) is 5.91 Å². The SMILES string of the molecule is Cn1nc(C(=O)NCCC[N+](C)(C)C)c2c1-c1nc(Nc3cccc(C(F)(F)F)c3)ncc1CCC2. The van der Waals surface area contributed by atoms with Gasteiger partial charge in [0.05, 0.1) is 44.6 Å². The molecule has 0 bridgehead atoms. The van der Waals surface area contributed by atoms with Gasteiger partial charge in [-0.1, -0.05) is 6.07 Å². The second-order valence-corrected chi connectivity index (χ2v) is 10.0. The minimum Gasteiger partial charge on any atom is -0.350 e. The minimum atomic E-state index is -4.45. The third-order valence-electron chi connectivity index (χ3n) is 6.06. The van der Waals surface area contributed by atoms with Crippen LogP contribution in [0.5, 0.6) is 0 Å². The van der Waals surface area contributed by atoms with Gasteiger partial charge in [0.2, 0.25) is 5.95 Å². The summed E-state index contributed by atoms with van der Waals surface area (Å²) in [6.07, 6.45) is 0.280. The molecule has 1 aliphatic carbocycles. The Morgan fingerprint density at radius 1 is 1.19 bits per heavy atom. The summed E-state index contributed by atoms with van der Waals surface area (Å²) in [7, 11) is 8.09. The molecule has 36 heavy (non-hydrogen) atoms. The first-order valence-corrected chi connectivity index (χ1v) is 11.9. The van der Waals surface area contributed by atoms with Gasteiger partial charge in [-0.05, 0) is 43.0 Å². The fourth-order valence-corrected chi connectivity index (χ4v) is 4.34. The summed E-state index contributed by atoms with van der Waals surface area (Å²) in [4.78, 5) is 21.9. The number of amides is 1. The number of anilines is 2. The van der Waals surface area contributed by atoms with Crippen LogP contribution >= 0.6 is 0 Å². The van der Waals surface area contributed by atoms with Crippen LogP contribution in [0.2, 0.25) is 0 Å². The maximum absolute atomic E-state index is 13.1. The topological polar surface area (TPSA) is 84.7 Å². The summed E-state index contributed by atoms with van der Waals surface area (Å²) in [5.41, 5.74) is 2.95. The largest absolute Gasteiger partial charge is 0.416 e. The Bertz CT molecular complexity index is 1260. The van der Waals surface area contributed by atoms with Gasteiger partial charge < -0.3 is 15.1 Å². The maximum atomic E-state index is 13.1. The Labute approximate surface area is 208 Å². The van der Waals surface area contributed by atoms with E-state index in [1.54, 1.807) is 17.9 Å². The molecule has 2 N–H and O–H groups in total. The molecule has 0 radical (unpaired) electrons. The molecule has 2 aromatic heterocycles. The van der Waals surface area contributed by atoms with E-state index < -0.39 is 11.7 Å². The molecule has 0 spiro atoms. The van der Waals surface area contributed by atoms with Crippen molar-refractivity contribution in [2.24, 2.45) is 7.05 Å². The molecule has 1 aromatic carbocycles. The molecule has 0 aliphatic heterocycles. The van der Waals surface area contributed by atoms with E-state index in [1.165, 1.54) is 12.1 Å². The molecule has 0 unspecified atom stereocenters. The molecule has 0 saturated heterocycles. The zero-order chi connectivity index (χ0) is 26.1. The Hall–Kier alpha value is -3.47. The van der Waals surface area contributed by atoms with Gasteiger partial charge in [0, 0.05) is 37.5 Å². The highest BCUT2D eigenvalue weighted by molar-refractivity contribution is 5.95. The lowest BCUT2D eigenvalue weighted by Crippen LogP contribution is -2.37. The number of hydrogen-bond acceptors (Lipinski definition) is 5. The molecule has 11 heteroatoms. The number of nitrogens with one attached hydrogen (secondary N) is 2. The van der Waals surface area contributed by atoms with Crippen LogP contribution in [0.1, 0.15) is 40.0 Å². The predicted molar refractivity (Wildman–Crippen MR) is 131 cm³/mol. The number of aromatic nitrogens is 4. The van der Waals surface area contributed by atoms with E-state index in [4.69, 9.17) is 0 Å². The zero-order valence-corrected chi connectivity index (χ0v) is 20.9. The summed E-state index contributed by atoms with van der Waals surface area (Å²) in [6.45, 7) is 1.50. The number of hydrogen-bond donors (Lipinski definition) is 2. The molecule has 0 saturated carbocycles. The van der Waals surface area contributed by atoms with E-state index in [9.17, 15) is 18.0 Å². The number of alkyl halides is 3. The smallest absolute Gasteiger partial charge is 0.350 e. The van der Waals surface area contributed by atoms with Crippen molar-refractivity contribution >= 4 is 17.5 Å². The quantitative estimate of drug-likeness (QED) is 0.378. The highest BCUT2D eigenvalue weighted by Gasteiger charge is 2.31. The molecule has 4 rings (SSSR count). The Balaban J connectivity index is 1.60. The van der Waals surface area contributed by atoms with Crippen LogP contribution in [0.15, 0.2) is 30.5 Å². The second-order valence-electron chi connectivity index (χ2n) is 10.0. The number of rotatable bonds is 7. The first-order chi connectivity index (χ1) is 16.9. The fourth-order valence-electron chi connectivity index (χ4n) is 4.34. The van der Waals surface area contributed by atoms with Crippen molar-refractivity contribution < 1.29 is 22.4 Å². The third kappa shape index (κ3) is 5.84. The summed E-state index contributed by atoms with van der Waals surface area (Å²) in [5, 5.41) is 10.4. The van der Waals surface area contributed by atoms with E-state index in [0.717, 1.165) is 59.2 Å². The van der Waals surface area contributed by atoms with Gasteiger partial charge >= 0.3 is 6.18 Å². The lowest BCUT2D eigenvalue weighted by Gasteiger charge is -2.23. The molecule has 0 atom stereocenters. The lowest BCUT2D eigenvalue weighted by molar-refractivity contribution is -0.870. The van der Waals surface area contributed by atoms with E-state index in [1.807, 2.05) is 0 Å². The molecule has 1 amide bonds. The van der Waals surface area contributed by atoms with Crippen molar-refractivity contribution in [3.05, 3.63) is 52.8 Å². The summed E-state index contributed by atoms with van der Waals surface area (Å²) < 4.78 is 41.8. The number of benzene rings is 1. The average molecular weight is 503 g/mol. The first kappa shape index (κ1) is 25.6. The van der Waals surface area contributed by atoms with Crippen LogP contribution in [-0.2, 0) is 26.1 Å². The standard InChI is InChI=1S/C25H30F3N7O/c1-34-22-19(21(33-34)23(36)29-12-7-13-35(2,3)4)11-5-8-16-15-30-24(32-20(16)22)31-18-10-6-9-17(14-18)25(26,27)28/h6,9-10,14-15H,5,7-8,11-13H2,1-4H3,(H-,29,30,31,32,36)/p+1. The highest BCUT2D eigenvalue weighted by Crippen LogP contribution is 2.34. The molecule has 8 nitrogen and oxygen atoms in total. The van der Waals surface area contributed by atoms with E-state index in [-0.39, 0.29) is 17.5 Å². The molecular weight excluding hydrogens is 471 g/mol. The number of fused-ring (bicyclic) bond motifs is 3. The van der Waals surface area contributed by atoms with Gasteiger partial charge in [-0.25, -0.2) is 9.97 Å². The summed E-state index contributed by atoms with van der Waals surface area (Å²) in [5.74, 6) is -0.0403. The second kappa shape index (κ2) is 9.88. The zero-order valence-electron chi connectivity index (χ0n) is 20.9. The molecule has 192 valence electrons. The lowest BCUT2D eigenvalue weighted by atomic mass is 10.1. The van der Waals surface area contributed by atoms with Crippen molar-refractivity contribution in [2.75, 3.05) is 39.5 Å². The van der Waals surface area contributed by atoms with Crippen molar-refractivity contribution in [3.8, 4) is 11.4 Å². The normalized spacial score (nSPS) is 13.5. The highest BCUT2D eigenvalue weighted by atomic mass is 19.4. The van der Waals surface area contributed by atoms with Gasteiger partial charge in [-0.3, -0.25) is 9.48 Å². The van der Waals surface area contributed by atoms with E-state index >= 15 is 0 Å².